The molecule has 0 aliphatic rings. The van der Waals surface area contributed by atoms with Crippen molar-refractivity contribution in [2.75, 3.05) is 14.2 Å². The van der Waals surface area contributed by atoms with E-state index < -0.39 is 0 Å². The van der Waals surface area contributed by atoms with Crippen LogP contribution in [0.2, 0.25) is 0 Å². The fourth-order valence-electron chi connectivity index (χ4n) is 0.0962. The van der Waals surface area contributed by atoms with Crippen LogP contribution in [0.4, 0.5) is 0 Å². The number of halogens is 1. The number of ether oxygens (including phenoxy) is 2. The van der Waals surface area contributed by atoms with E-state index in [9.17, 15) is 0 Å². The van der Waals surface area contributed by atoms with Crippen molar-refractivity contribution in [3.8, 4) is 0 Å². The third kappa shape index (κ3) is 10.0. The molecule has 0 aromatic carbocycles. The quantitative estimate of drug-likeness (QED) is 0.521. The Morgan fingerprint density at radius 2 is 1.38 bits per heavy atom. The summed E-state index contributed by atoms with van der Waals surface area (Å²) in [6.07, 6.45) is -0.0648. The van der Waals surface area contributed by atoms with Gasteiger partial charge in [-0.15, -0.1) is 17.0 Å². The van der Waals surface area contributed by atoms with Crippen molar-refractivity contribution in [1.82, 2.24) is 0 Å². The van der Waals surface area contributed by atoms with Gasteiger partial charge in [-0.2, -0.15) is 0 Å². The van der Waals surface area contributed by atoms with Gasteiger partial charge in [-0.3, -0.25) is 0 Å². The summed E-state index contributed by atoms with van der Waals surface area (Å²) in [5.74, 6) is 0. The molecule has 0 unspecified atom stereocenters. The Balaban J connectivity index is -0.000000125. The molecule has 0 rings (SSSR count). The second-order valence-electron chi connectivity index (χ2n) is 1.04. The maximum atomic E-state index is 4.68. The van der Waals surface area contributed by atoms with Crippen molar-refractivity contribution < 1.29 is 26.5 Å². The van der Waals surface area contributed by atoms with Crippen LogP contribution in [-0.4, -0.2) is 20.5 Å². The molecule has 0 heterocycles. The molecule has 0 aromatic rings. The van der Waals surface area contributed by atoms with E-state index in [2.05, 4.69) is 9.47 Å². The van der Waals surface area contributed by atoms with Gasteiger partial charge in [-0.25, -0.2) is 0 Å². The summed E-state index contributed by atoms with van der Waals surface area (Å²) >= 11 is 0. The first-order valence-corrected chi connectivity index (χ1v) is 1.87. The van der Waals surface area contributed by atoms with Gasteiger partial charge in [0.05, 0.1) is 0 Å². The van der Waals surface area contributed by atoms with Gasteiger partial charge in [0.2, 0.25) is 0 Å². The predicted octanol–water partition coefficient (Wildman–Crippen LogP) is 1.20. The van der Waals surface area contributed by atoms with Crippen molar-refractivity contribution in [2.24, 2.45) is 0 Å². The summed E-state index contributed by atoms with van der Waals surface area (Å²) in [5.41, 5.74) is 0. The fourth-order valence-corrected chi connectivity index (χ4v) is 0.0962. The Morgan fingerprint density at radius 1 is 1.12 bits per heavy atom. The van der Waals surface area contributed by atoms with Gasteiger partial charge in [0.15, 0.2) is 6.29 Å². The molecule has 54 valence electrons. The molecule has 0 radical (unpaired) electrons. The Bertz CT molecular complexity index is 33.2. The summed E-state index contributed by atoms with van der Waals surface area (Å²) in [7, 11) is 3.21. The Kier molecular flexibility index (Phi) is 21.6. The molecule has 0 atom stereocenters. The average Bonchev–Trinajstić information content (AvgIpc) is 1.65. The normalized spacial score (nSPS) is 7.50. The topological polar surface area (TPSA) is 18.5 Å². The van der Waals surface area contributed by atoms with Crippen molar-refractivity contribution in [1.29, 1.82) is 0 Å². The van der Waals surface area contributed by atoms with Gasteiger partial charge >= 0.3 is 0 Å². The van der Waals surface area contributed by atoms with E-state index in [1.807, 2.05) is 6.92 Å². The molecule has 0 bridgehead atoms. The van der Waals surface area contributed by atoms with E-state index >= 15 is 0 Å². The minimum Gasteiger partial charge on any atom is -0.356 e. The van der Waals surface area contributed by atoms with Crippen LogP contribution < -0.4 is 0 Å². The molecule has 0 saturated carbocycles. The van der Waals surface area contributed by atoms with Gasteiger partial charge in [0.1, 0.15) is 0 Å². The number of hydrogen-bond donors (Lipinski definition) is 0. The summed E-state index contributed by atoms with van der Waals surface area (Å²) in [6, 6.07) is 0. The third-order valence-electron chi connectivity index (χ3n) is 0.664. The number of hydrogen-bond acceptors (Lipinski definition) is 2. The second-order valence-corrected chi connectivity index (χ2v) is 1.04. The van der Waals surface area contributed by atoms with E-state index in [0.29, 0.717) is 0 Å². The van der Waals surface area contributed by atoms with Crippen molar-refractivity contribution >= 4 is 17.0 Å². The van der Waals surface area contributed by atoms with Crippen molar-refractivity contribution in [3.05, 3.63) is 0 Å². The van der Waals surface area contributed by atoms with Crippen LogP contribution >= 0.6 is 17.0 Å². The molecule has 0 N–H and O–H groups in total. The largest absolute Gasteiger partial charge is 0.356 e. The monoisotopic (exact) mass is 226 g/mol. The number of rotatable bonds is 2. The predicted molar refractivity (Wildman–Crippen MR) is 33.8 cm³/mol. The average molecular weight is 227 g/mol. The van der Waals surface area contributed by atoms with Gasteiger partial charge in [0.25, 0.3) is 0 Å². The van der Waals surface area contributed by atoms with Crippen LogP contribution in [0, 0.1) is 0 Å². The van der Waals surface area contributed by atoms with Crippen LogP contribution in [0.1, 0.15) is 6.92 Å². The zero-order chi connectivity index (χ0) is 4.99. The minimum atomic E-state index is -0.0648. The summed E-state index contributed by atoms with van der Waals surface area (Å²) in [5, 5.41) is 0. The zero-order valence-corrected chi connectivity index (χ0v) is 7.97. The standard InChI is InChI=1S/C4H10O2.BrH.Fe/c1-4(5-2)6-3;;/h4H,1-3H3;1H;. The Hall–Kier alpha value is 0.919. The first kappa shape index (κ1) is 16.0. The fraction of sp³-hybridized carbons (Fsp3) is 1.00. The molecule has 8 heavy (non-hydrogen) atoms. The maximum absolute atomic E-state index is 4.68. The summed E-state index contributed by atoms with van der Waals surface area (Å²) in [4.78, 5) is 0. The first-order chi connectivity index (χ1) is 2.81. The smallest absolute Gasteiger partial charge is 0.154 e. The van der Waals surface area contributed by atoms with Crippen LogP contribution in [0.5, 0.6) is 0 Å². The van der Waals surface area contributed by atoms with Crippen LogP contribution in [-0.2, 0) is 26.5 Å². The van der Waals surface area contributed by atoms with Gasteiger partial charge in [0, 0.05) is 31.3 Å². The van der Waals surface area contributed by atoms with Crippen molar-refractivity contribution in [2.45, 2.75) is 13.2 Å². The molecule has 0 saturated heterocycles. The van der Waals surface area contributed by atoms with Gasteiger partial charge < -0.3 is 9.47 Å². The van der Waals surface area contributed by atoms with Crippen molar-refractivity contribution in [3.63, 3.8) is 0 Å². The van der Waals surface area contributed by atoms with E-state index in [4.69, 9.17) is 0 Å². The molecule has 2 nitrogen and oxygen atoms in total. The molecule has 0 fully saturated rings. The van der Waals surface area contributed by atoms with E-state index in [1.54, 1.807) is 14.2 Å². The van der Waals surface area contributed by atoms with Gasteiger partial charge in [-0.05, 0) is 6.92 Å². The molecule has 0 aliphatic heterocycles. The molecular weight excluding hydrogens is 216 g/mol. The van der Waals surface area contributed by atoms with Gasteiger partial charge in [-0.1, -0.05) is 0 Å². The van der Waals surface area contributed by atoms with E-state index in [0.717, 1.165) is 0 Å². The van der Waals surface area contributed by atoms with E-state index in [-0.39, 0.29) is 40.3 Å². The third-order valence-corrected chi connectivity index (χ3v) is 0.664. The summed E-state index contributed by atoms with van der Waals surface area (Å²) in [6.45, 7) is 1.83. The zero-order valence-electron chi connectivity index (χ0n) is 5.16. The first-order valence-electron chi connectivity index (χ1n) is 1.87. The molecule has 0 spiro atoms. The SMILES string of the molecule is Br.COC(C)OC.[Fe]. The van der Waals surface area contributed by atoms with Crippen LogP contribution in [0.15, 0.2) is 0 Å². The molecule has 0 amide bonds. The summed E-state index contributed by atoms with van der Waals surface area (Å²) < 4.78 is 9.35. The van der Waals surface area contributed by atoms with Crippen LogP contribution in [0.25, 0.3) is 0 Å². The molecular formula is C4H11BrFeO2. The Labute approximate surface area is 71.2 Å². The second kappa shape index (κ2) is 10.8. The van der Waals surface area contributed by atoms with E-state index in [1.165, 1.54) is 0 Å². The Morgan fingerprint density at radius 3 is 1.38 bits per heavy atom. The molecule has 0 aromatic heterocycles. The molecule has 0 aliphatic carbocycles. The number of methoxy groups -OCH3 is 2. The molecule has 4 heteroatoms. The maximum Gasteiger partial charge on any atom is 0.154 e. The minimum absolute atomic E-state index is 0. The van der Waals surface area contributed by atoms with Crippen LogP contribution in [0.3, 0.4) is 0 Å².